The van der Waals surface area contributed by atoms with Gasteiger partial charge in [-0.05, 0) is 30.2 Å². The van der Waals surface area contributed by atoms with E-state index in [4.69, 9.17) is 4.74 Å². The summed E-state index contributed by atoms with van der Waals surface area (Å²) >= 11 is 3.49. The van der Waals surface area contributed by atoms with Crippen molar-refractivity contribution in [3.63, 3.8) is 0 Å². The van der Waals surface area contributed by atoms with Crippen LogP contribution in [-0.4, -0.2) is 21.4 Å². The molecule has 4 rings (SSSR count). The van der Waals surface area contributed by atoms with Gasteiger partial charge in [0.15, 0.2) is 0 Å². The van der Waals surface area contributed by atoms with Crippen LogP contribution in [0.3, 0.4) is 0 Å². The number of nitrogens with zero attached hydrogens (tertiary/aromatic N) is 3. The SMILES string of the molecule is FC(F)Oc1ccccc1[C@H]1C[C@@H](c2cccc(Br)c2)Nc2ncnn21. The highest BCUT2D eigenvalue weighted by Gasteiger charge is 2.32. The summed E-state index contributed by atoms with van der Waals surface area (Å²) in [6.45, 7) is -2.88. The second-order valence-electron chi connectivity index (χ2n) is 5.95. The van der Waals surface area contributed by atoms with Gasteiger partial charge in [-0.25, -0.2) is 4.68 Å². The minimum absolute atomic E-state index is 0.0335. The van der Waals surface area contributed by atoms with E-state index in [0.717, 1.165) is 10.0 Å². The fourth-order valence-electron chi connectivity index (χ4n) is 3.28. The summed E-state index contributed by atoms with van der Waals surface area (Å²) in [6.07, 6.45) is 2.08. The van der Waals surface area contributed by atoms with Gasteiger partial charge in [-0.2, -0.15) is 18.9 Å². The number of rotatable bonds is 4. The molecule has 1 aliphatic rings. The number of halogens is 3. The minimum Gasteiger partial charge on any atom is -0.434 e. The number of anilines is 1. The summed E-state index contributed by atoms with van der Waals surface area (Å²) in [4.78, 5) is 4.26. The summed E-state index contributed by atoms with van der Waals surface area (Å²) < 4.78 is 33.0. The molecule has 2 heterocycles. The van der Waals surface area contributed by atoms with Gasteiger partial charge >= 0.3 is 6.61 Å². The highest BCUT2D eigenvalue weighted by Crippen LogP contribution is 2.40. The Labute approximate surface area is 157 Å². The Morgan fingerprint density at radius 1 is 1.19 bits per heavy atom. The maximum Gasteiger partial charge on any atom is 0.387 e. The number of fused-ring (bicyclic) bond motifs is 1. The number of ether oxygens (including phenoxy) is 1. The maximum absolute atomic E-state index is 12.8. The third kappa shape index (κ3) is 3.29. The van der Waals surface area contributed by atoms with E-state index in [2.05, 4.69) is 31.3 Å². The predicted molar refractivity (Wildman–Crippen MR) is 96.4 cm³/mol. The van der Waals surface area contributed by atoms with Gasteiger partial charge in [-0.3, -0.25) is 0 Å². The summed E-state index contributed by atoms with van der Waals surface area (Å²) in [5, 5.41) is 7.63. The van der Waals surface area contributed by atoms with Gasteiger partial charge in [0.2, 0.25) is 5.95 Å². The molecule has 2 atom stereocenters. The van der Waals surface area contributed by atoms with E-state index in [0.29, 0.717) is 17.9 Å². The zero-order valence-electron chi connectivity index (χ0n) is 13.5. The van der Waals surface area contributed by atoms with Gasteiger partial charge in [0, 0.05) is 10.0 Å². The van der Waals surface area contributed by atoms with Gasteiger partial charge in [0.05, 0.1) is 12.1 Å². The molecular formula is C18H15BrF2N4O. The van der Waals surface area contributed by atoms with Crippen LogP contribution in [0.25, 0.3) is 0 Å². The van der Waals surface area contributed by atoms with Crippen LogP contribution in [0.15, 0.2) is 59.3 Å². The molecule has 0 spiro atoms. The fourth-order valence-corrected chi connectivity index (χ4v) is 3.70. The smallest absolute Gasteiger partial charge is 0.387 e. The molecule has 2 aromatic carbocycles. The third-order valence-corrected chi connectivity index (χ3v) is 4.87. The first-order valence-corrected chi connectivity index (χ1v) is 8.86. The number of hydrogen-bond donors (Lipinski definition) is 1. The molecule has 0 fully saturated rings. The number of nitrogens with one attached hydrogen (secondary N) is 1. The standard InChI is InChI=1S/C18H15BrF2N4O/c19-12-5-3-4-11(8-12)14-9-15(25-18(24-14)22-10-23-25)13-6-1-2-7-16(13)26-17(20)21/h1-8,10,14-15,17H,9H2,(H,22,23,24)/t14-,15+/m0/s1. The van der Waals surface area contributed by atoms with E-state index in [1.807, 2.05) is 24.3 Å². The van der Waals surface area contributed by atoms with Crippen molar-refractivity contribution in [2.24, 2.45) is 0 Å². The molecule has 0 amide bonds. The second-order valence-corrected chi connectivity index (χ2v) is 6.86. The van der Waals surface area contributed by atoms with Gasteiger partial charge in [-0.1, -0.05) is 46.3 Å². The Hall–Kier alpha value is -2.48. The quantitative estimate of drug-likeness (QED) is 0.659. The molecule has 0 saturated heterocycles. The predicted octanol–water partition coefficient (Wildman–Crippen LogP) is 4.79. The summed E-state index contributed by atoms with van der Waals surface area (Å²) in [5.41, 5.74) is 1.73. The molecule has 3 aromatic rings. The Balaban J connectivity index is 1.74. The highest BCUT2D eigenvalue weighted by molar-refractivity contribution is 9.10. The molecule has 0 saturated carbocycles. The van der Waals surface area contributed by atoms with E-state index in [-0.39, 0.29) is 17.8 Å². The van der Waals surface area contributed by atoms with Crippen LogP contribution in [0, 0.1) is 0 Å². The van der Waals surface area contributed by atoms with Crippen molar-refractivity contribution in [1.82, 2.24) is 14.8 Å². The molecule has 1 aliphatic heterocycles. The number of hydrogen-bond acceptors (Lipinski definition) is 4. The van der Waals surface area contributed by atoms with Crippen LogP contribution in [0.1, 0.15) is 29.6 Å². The van der Waals surface area contributed by atoms with E-state index in [1.54, 1.807) is 28.9 Å². The Morgan fingerprint density at radius 2 is 2.04 bits per heavy atom. The van der Waals surface area contributed by atoms with Crippen LogP contribution in [0.5, 0.6) is 5.75 Å². The monoisotopic (exact) mass is 420 g/mol. The van der Waals surface area contributed by atoms with Crippen LogP contribution < -0.4 is 10.1 Å². The van der Waals surface area contributed by atoms with E-state index in [9.17, 15) is 8.78 Å². The largest absolute Gasteiger partial charge is 0.434 e. The molecule has 0 bridgehead atoms. The molecule has 8 heteroatoms. The summed E-state index contributed by atoms with van der Waals surface area (Å²) in [6, 6.07) is 14.5. The zero-order chi connectivity index (χ0) is 18.1. The molecule has 0 aliphatic carbocycles. The average molecular weight is 421 g/mol. The summed E-state index contributed by atoms with van der Waals surface area (Å²) in [7, 11) is 0. The molecule has 134 valence electrons. The topological polar surface area (TPSA) is 52.0 Å². The van der Waals surface area contributed by atoms with Crippen LogP contribution in [0.4, 0.5) is 14.7 Å². The van der Waals surface area contributed by atoms with Crippen molar-refractivity contribution in [3.8, 4) is 5.75 Å². The molecule has 1 aromatic heterocycles. The highest BCUT2D eigenvalue weighted by atomic mass is 79.9. The lowest BCUT2D eigenvalue weighted by Gasteiger charge is -2.32. The lowest BCUT2D eigenvalue weighted by atomic mass is 9.93. The lowest BCUT2D eigenvalue weighted by Crippen LogP contribution is -2.28. The first-order valence-electron chi connectivity index (χ1n) is 8.07. The molecule has 5 nitrogen and oxygen atoms in total. The van der Waals surface area contributed by atoms with Crippen molar-refractivity contribution in [2.45, 2.75) is 25.1 Å². The molecular weight excluding hydrogens is 406 g/mol. The Morgan fingerprint density at radius 3 is 2.85 bits per heavy atom. The number of alkyl halides is 2. The van der Waals surface area contributed by atoms with Crippen molar-refractivity contribution in [3.05, 3.63) is 70.5 Å². The first-order chi connectivity index (χ1) is 12.6. The van der Waals surface area contributed by atoms with E-state index >= 15 is 0 Å². The van der Waals surface area contributed by atoms with Gasteiger partial charge in [0.1, 0.15) is 12.1 Å². The molecule has 0 unspecified atom stereocenters. The number of aromatic nitrogens is 3. The Kier molecular flexibility index (Phi) is 4.58. The normalized spacial score (nSPS) is 19.1. The third-order valence-electron chi connectivity index (χ3n) is 4.38. The van der Waals surface area contributed by atoms with E-state index < -0.39 is 6.61 Å². The number of para-hydroxylation sites is 1. The first kappa shape index (κ1) is 17.0. The van der Waals surface area contributed by atoms with Crippen LogP contribution in [-0.2, 0) is 0 Å². The average Bonchev–Trinajstić information content (AvgIpc) is 3.09. The zero-order valence-corrected chi connectivity index (χ0v) is 15.1. The van der Waals surface area contributed by atoms with Gasteiger partial charge in [0.25, 0.3) is 0 Å². The van der Waals surface area contributed by atoms with Gasteiger partial charge < -0.3 is 10.1 Å². The maximum atomic E-state index is 12.8. The Bertz CT molecular complexity index is 917. The molecule has 0 radical (unpaired) electrons. The minimum atomic E-state index is -2.88. The van der Waals surface area contributed by atoms with Crippen LogP contribution >= 0.6 is 15.9 Å². The van der Waals surface area contributed by atoms with Crippen molar-refractivity contribution in [1.29, 1.82) is 0 Å². The second kappa shape index (κ2) is 7.03. The van der Waals surface area contributed by atoms with Crippen molar-refractivity contribution in [2.75, 3.05) is 5.32 Å². The fraction of sp³-hybridized carbons (Fsp3) is 0.222. The number of benzene rings is 2. The lowest BCUT2D eigenvalue weighted by molar-refractivity contribution is -0.0507. The van der Waals surface area contributed by atoms with Gasteiger partial charge in [-0.15, -0.1) is 0 Å². The molecule has 26 heavy (non-hydrogen) atoms. The molecule has 1 N–H and O–H groups in total. The van der Waals surface area contributed by atoms with Crippen molar-refractivity contribution < 1.29 is 13.5 Å². The van der Waals surface area contributed by atoms with E-state index in [1.165, 1.54) is 6.33 Å². The van der Waals surface area contributed by atoms with Crippen LogP contribution in [0.2, 0.25) is 0 Å². The summed E-state index contributed by atoms with van der Waals surface area (Å²) in [5.74, 6) is 0.752. The van der Waals surface area contributed by atoms with Crippen molar-refractivity contribution >= 4 is 21.9 Å².